The summed E-state index contributed by atoms with van der Waals surface area (Å²) in [5.74, 6) is -1.66. The van der Waals surface area contributed by atoms with Crippen molar-refractivity contribution >= 4 is 23.5 Å². The van der Waals surface area contributed by atoms with Crippen molar-refractivity contribution in [3.8, 4) is 5.75 Å². The summed E-state index contributed by atoms with van der Waals surface area (Å²) in [6, 6.07) is 3.27. The van der Waals surface area contributed by atoms with Gasteiger partial charge in [0, 0.05) is 12.6 Å². The molecule has 1 amide bonds. The van der Waals surface area contributed by atoms with Gasteiger partial charge in [-0.05, 0) is 12.1 Å². The largest absolute Gasteiger partial charge is 0.484 e. The number of rotatable bonds is 5. The number of hydrogen-bond donors (Lipinski definition) is 1. The SMILES string of the molecule is O=C(O)CC1COCCN1C(=O)COc1ccc(F)c(Cl)c1. The van der Waals surface area contributed by atoms with E-state index >= 15 is 0 Å². The number of aliphatic carboxylic acids is 1. The van der Waals surface area contributed by atoms with Crippen LogP contribution in [0, 0.1) is 5.82 Å². The van der Waals surface area contributed by atoms with Crippen molar-refractivity contribution in [1.29, 1.82) is 0 Å². The molecule has 1 aromatic rings. The van der Waals surface area contributed by atoms with Crippen LogP contribution in [0.15, 0.2) is 18.2 Å². The zero-order valence-electron chi connectivity index (χ0n) is 11.6. The van der Waals surface area contributed by atoms with Crippen LogP contribution in [0.4, 0.5) is 4.39 Å². The molecule has 1 aliphatic heterocycles. The zero-order valence-corrected chi connectivity index (χ0v) is 12.4. The van der Waals surface area contributed by atoms with Crippen LogP contribution in [-0.4, -0.2) is 54.3 Å². The molecule has 0 aliphatic carbocycles. The molecule has 1 aliphatic rings. The Balaban J connectivity index is 1.94. The molecule has 1 N–H and O–H groups in total. The van der Waals surface area contributed by atoms with Crippen LogP contribution in [0.5, 0.6) is 5.75 Å². The summed E-state index contributed by atoms with van der Waals surface area (Å²) in [4.78, 5) is 24.4. The van der Waals surface area contributed by atoms with E-state index in [2.05, 4.69) is 0 Å². The number of benzene rings is 1. The topological polar surface area (TPSA) is 76.1 Å². The highest BCUT2D eigenvalue weighted by atomic mass is 35.5. The Morgan fingerprint density at radius 2 is 2.27 bits per heavy atom. The standard InChI is InChI=1S/C14H15ClFNO5/c15-11-6-10(1-2-12(11)16)22-8-13(18)17-3-4-21-7-9(17)5-14(19)20/h1-2,6,9H,3-5,7-8H2,(H,19,20). The molecule has 120 valence electrons. The third kappa shape index (κ3) is 4.32. The number of carboxylic acids is 1. The van der Waals surface area contributed by atoms with E-state index in [1.54, 1.807) is 0 Å². The summed E-state index contributed by atoms with van der Waals surface area (Å²) < 4.78 is 23.5. The van der Waals surface area contributed by atoms with Crippen LogP contribution in [-0.2, 0) is 14.3 Å². The van der Waals surface area contributed by atoms with E-state index in [1.807, 2.05) is 0 Å². The Morgan fingerprint density at radius 3 is 2.95 bits per heavy atom. The molecule has 2 rings (SSSR count). The average Bonchev–Trinajstić information content (AvgIpc) is 2.48. The number of nitrogens with zero attached hydrogens (tertiary/aromatic N) is 1. The van der Waals surface area contributed by atoms with E-state index in [-0.39, 0.29) is 36.3 Å². The maximum Gasteiger partial charge on any atom is 0.305 e. The highest BCUT2D eigenvalue weighted by molar-refractivity contribution is 6.30. The number of hydrogen-bond acceptors (Lipinski definition) is 4. The van der Waals surface area contributed by atoms with Gasteiger partial charge in [0.15, 0.2) is 6.61 Å². The summed E-state index contributed by atoms with van der Waals surface area (Å²) in [7, 11) is 0. The molecule has 1 heterocycles. The predicted molar refractivity (Wildman–Crippen MR) is 75.5 cm³/mol. The molecule has 1 aromatic carbocycles. The third-order valence-corrected chi connectivity index (χ3v) is 3.50. The van der Waals surface area contributed by atoms with Crippen LogP contribution in [0.3, 0.4) is 0 Å². The summed E-state index contributed by atoms with van der Waals surface area (Å²) in [5.41, 5.74) is 0. The van der Waals surface area contributed by atoms with Crippen molar-refractivity contribution in [3.63, 3.8) is 0 Å². The third-order valence-electron chi connectivity index (χ3n) is 3.21. The fourth-order valence-corrected chi connectivity index (χ4v) is 2.32. The normalized spacial score (nSPS) is 18.1. The first-order valence-corrected chi connectivity index (χ1v) is 7.02. The van der Waals surface area contributed by atoms with Gasteiger partial charge in [0.1, 0.15) is 11.6 Å². The van der Waals surface area contributed by atoms with Crippen molar-refractivity contribution in [1.82, 2.24) is 4.90 Å². The van der Waals surface area contributed by atoms with Gasteiger partial charge in [0.2, 0.25) is 0 Å². The fraction of sp³-hybridized carbons (Fsp3) is 0.429. The Labute approximate surface area is 131 Å². The van der Waals surface area contributed by atoms with Crippen molar-refractivity contribution < 1.29 is 28.6 Å². The molecule has 8 heteroatoms. The molecule has 0 radical (unpaired) electrons. The Kier molecular flexibility index (Phi) is 5.57. The molecule has 0 aromatic heterocycles. The highest BCUT2D eigenvalue weighted by Gasteiger charge is 2.29. The quantitative estimate of drug-likeness (QED) is 0.886. The number of carbonyl (C=O) groups excluding carboxylic acids is 1. The second-order valence-electron chi connectivity index (χ2n) is 4.78. The fourth-order valence-electron chi connectivity index (χ4n) is 2.15. The van der Waals surface area contributed by atoms with Gasteiger partial charge < -0.3 is 19.5 Å². The Hall–Kier alpha value is -1.86. The molecule has 1 atom stereocenters. The van der Waals surface area contributed by atoms with Gasteiger partial charge in [-0.1, -0.05) is 11.6 Å². The van der Waals surface area contributed by atoms with Gasteiger partial charge >= 0.3 is 5.97 Å². The van der Waals surface area contributed by atoms with E-state index in [0.717, 1.165) is 6.07 Å². The molecule has 1 fully saturated rings. The molecule has 6 nitrogen and oxygen atoms in total. The molecule has 0 bridgehead atoms. The molecule has 1 unspecified atom stereocenters. The van der Waals surface area contributed by atoms with E-state index in [4.69, 9.17) is 26.2 Å². The smallest absolute Gasteiger partial charge is 0.305 e. The Morgan fingerprint density at radius 1 is 1.50 bits per heavy atom. The van der Waals surface area contributed by atoms with Crippen LogP contribution >= 0.6 is 11.6 Å². The first-order chi connectivity index (χ1) is 10.5. The molecular formula is C14H15ClFNO5. The number of amides is 1. The van der Waals surface area contributed by atoms with Gasteiger partial charge in [-0.3, -0.25) is 9.59 Å². The lowest BCUT2D eigenvalue weighted by Gasteiger charge is -2.34. The van der Waals surface area contributed by atoms with Crippen molar-refractivity contribution in [2.45, 2.75) is 12.5 Å². The average molecular weight is 332 g/mol. The second-order valence-corrected chi connectivity index (χ2v) is 5.19. The first-order valence-electron chi connectivity index (χ1n) is 6.64. The van der Waals surface area contributed by atoms with Crippen LogP contribution in [0.1, 0.15) is 6.42 Å². The number of morpholine rings is 1. The van der Waals surface area contributed by atoms with Crippen LogP contribution in [0.2, 0.25) is 5.02 Å². The van der Waals surface area contributed by atoms with Crippen molar-refractivity contribution in [3.05, 3.63) is 29.0 Å². The number of halogens is 2. The lowest BCUT2D eigenvalue weighted by molar-refractivity contribution is -0.147. The van der Waals surface area contributed by atoms with Crippen LogP contribution < -0.4 is 4.74 Å². The summed E-state index contributed by atoms with van der Waals surface area (Å²) >= 11 is 5.63. The van der Waals surface area contributed by atoms with Gasteiger partial charge in [0.25, 0.3) is 5.91 Å². The van der Waals surface area contributed by atoms with E-state index in [1.165, 1.54) is 17.0 Å². The van der Waals surface area contributed by atoms with Gasteiger partial charge in [-0.25, -0.2) is 4.39 Å². The minimum Gasteiger partial charge on any atom is -0.484 e. The van der Waals surface area contributed by atoms with Gasteiger partial charge in [0.05, 0.1) is 30.7 Å². The predicted octanol–water partition coefficient (Wildman–Crippen LogP) is 1.56. The molecule has 1 saturated heterocycles. The maximum atomic E-state index is 13.0. The summed E-state index contributed by atoms with van der Waals surface area (Å²) in [5, 5.41) is 8.76. The summed E-state index contributed by atoms with van der Waals surface area (Å²) in [6.07, 6.45) is -0.186. The zero-order chi connectivity index (χ0) is 16.1. The number of carbonyl (C=O) groups is 2. The van der Waals surface area contributed by atoms with Gasteiger partial charge in [-0.15, -0.1) is 0 Å². The lowest BCUT2D eigenvalue weighted by atomic mass is 10.1. The minimum atomic E-state index is -1.00. The Bertz CT molecular complexity index is 568. The monoisotopic (exact) mass is 331 g/mol. The summed E-state index contributed by atoms with van der Waals surface area (Å²) in [6.45, 7) is 0.563. The molecule has 0 spiro atoms. The number of carboxylic acid groups (broad SMARTS) is 1. The van der Waals surface area contributed by atoms with E-state index in [9.17, 15) is 14.0 Å². The molecular weight excluding hydrogens is 317 g/mol. The minimum absolute atomic E-state index is 0.0972. The maximum absolute atomic E-state index is 13.0. The van der Waals surface area contributed by atoms with Crippen molar-refractivity contribution in [2.24, 2.45) is 0 Å². The lowest BCUT2D eigenvalue weighted by Crippen LogP contribution is -2.51. The van der Waals surface area contributed by atoms with Crippen molar-refractivity contribution in [2.75, 3.05) is 26.4 Å². The molecule has 0 saturated carbocycles. The van der Waals surface area contributed by atoms with Crippen LogP contribution in [0.25, 0.3) is 0 Å². The molecule has 22 heavy (non-hydrogen) atoms. The first kappa shape index (κ1) is 16.5. The van der Waals surface area contributed by atoms with Gasteiger partial charge in [-0.2, -0.15) is 0 Å². The number of ether oxygens (including phenoxy) is 2. The van der Waals surface area contributed by atoms with E-state index < -0.39 is 17.8 Å². The highest BCUT2D eigenvalue weighted by Crippen LogP contribution is 2.21. The second kappa shape index (κ2) is 7.42. The van der Waals surface area contributed by atoms with E-state index in [0.29, 0.717) is 13.2 Å².